The highest BCUT2D eigenvalue weighted by Crippen LogP contribution is 2.28. The van der Waals surface area contributed by atoms with Crippen LogP contribution in [0.5, 0.6) is 0 Å². The van der Waals surface area contributed by atoms with Crippen LogP contribution >= 0.6 is 0 Å². The number of amides is 4. The highest BCUT2D eigenvalue weighted by molar-refractivity contribution is 5.99. The number of carbonyl (C=O) groups is 4. The van der Waals surface area contributed by atoms with E-state index in [2.05, 4.69) is 0 Å². The number of nitrogens with two attached hydrogens (primary N) is 1. The second kappa shape index (κ2) is 7.73. The monoisotopic (exact) mass is 402 g/mol. The Hall–Kier alpha value is -3.10. The minimum atomic E-state index is -0.602. The summed E-state index contributed by atoms with van der Waals surface area (Å²) in [5.74, 6) is -1.16. The van der Waals surface area contributed by atoms with E-state index in [0.717, 1.165) is 11.1 Å². The summed E-state index contributed by atoms with van der Waals surface area (Å²) in [4.78, 5) is 53.1. The average molecular weight is 402 g/mol. The van der Waals surface area contributed by atoms with Crippen molar-refractivity contribution >= 4 is 23.8 Å². The van der Waals surface area contributed by atoms with Crippen LogP contribution in [0.15, 0.2) is 18.2 Å². The predicted molar refractivity (Wildman–Crippen MR) is 104 cm³/mol. The number of carbonyl (C=O) groups excluding carboxylic acids is 4. The largest absolute Gasteiger partial charge is 0.444 e. The van der Waals surface area contributed by atoms with Gasteiger partial charge in [-0.15, -0.1) is 0 Å². The molecular formula is C20H26N4O5. The quantitative estimate of drug-likeness (QED) is 0.800. The lowest BCUT2D eigenvalue weighted by atomic mass is 10.0. The van der Waals surface area contributed by atoms with E-state index in [4.69, 9.17) is 10.5 Å². The summed E-state index contributed by atoms with van der Waals surface area (Å²) < 4.78 is 5.43. The third-order valence-electron chi connectivity index (χ3n) is 4.82. The summed E-state index contributed by atoms with van der Waals surface area (Å²) in [6.07, 6.45) is -0.428. The number of hydrogen-bond donors (Lipinski definition) is 1. The molecule has 9 heteroatoms. The van der Waals surface area contributed by atoms with Crippen LogP contribution in [0.3, 0.4) is 0 Å². The zero-order valence-corrected chi connectivity index (χ0v) is 16.9. The van der Waals surface area contributed by atoms with Crippen LogP contribution in [-0.4, -0.2) is 70.3 Å². The zero-order chi connectivity index (χ0) is 21.3. The molecule has 4 amide bonds. The van der Waals surface area contributed by atoms with E-state index in [1.54, 1.807) is 37.8 Å². The standard InChI is InChI=1S/C20H26N4O5/c1-20(2,3)29-19(28)24-9-13-5-4-6-14(15(13)10-24)18(27)23-8-7-22(11-16(21)25)17(26)12-23/h4-6H,7-12H2,1-3H3,(H2,21,25). The summed E-state index contributed by atoms with van der Waals surface area (Å²) in [5, 5.41) is 0. The first kappa shape index (κ1) is 20.6. The summed E-state index contributed by atoms with van der Waals surface area (Å²) in [7, 11) is 0. The number of ether oxygens (including phenoxy) is 1. The first-order chi connectivity index (χ1) is 13.5. The fourth-order valence-corrected chi connectivity index (χ4v) is 3.49. The summed E-state index contributed by atoms with van der Waals surface area (Å²) in [6.45, 7) is 6.38. The van der Waals surface area contributed by atoms with Gasteiger partial charge < -0.3 is 20.3 Å². The van der Waals surface area contributed by atoms with Crippen molar-refractivity contribution in [3.8, 4) is 0 Å². The molecule has 0 aromatic heterocycles. The molecule has 0 unspecified atom stereocenters. The average Bonchev–Trinajstić information content (AvgIpc) is 3.05. The fourth-order valence-electron chi connectivity index (χ4n) is 3.49. The van der Waals surface area contributed by atoms with Crippen LogP contribution < -0.4 is 5.73 Å². The van der Waals surface area contributed by atoms with Gasteiger partial charge in [-0.25, -0.2) is 4.79 Å². The van der Waals surface area contributed by atoms with E-state index < -0.39 is 17.6 Å². The molecule has 1 saturated heterocycles. The molecule has 1 aromatic carbocycles. The Balaban J connectivity index is 1.72. The summed E-state index contributed by atoms with van der Waals surface area (Å²) >= 11 is 0. The van der Waals surface area contributed by atoms with Crippen molar-refractivity contribution in [2.24, 2.45) is 5.73 Å². The molecule has 156 valence electrons. The van der Waals surface area contributed by atoms with Gasteiger partial charge in [0.05, 0.1) is 13.1 Å². The van der Waals surface area contributed by atoms with Gasteiger partial charge in [-0.05, 0) is 38.0 Å². The smallest absolute Gasteiger partial charge is 0.410 e. The number of piperazine rings is 1. The van der Waals surface area contributed by atoms with Gasteiger partial charge >= 0.3 is 6.09 Å². The number of primary amides is 1. The first-order valence-corrected chi connectivity index (χ1v) is 9.49. The van der Waals surface area contributed by atoms with Gasteiger partial charge in [0, 0.05) is 25.2 Å². The Bertz CT molecular complexity index is 861. The van der Waals surface area contributed by atoms with Gasteiger partial charge in [-0.2, -0.15) is 0 Å². The van der Waals surface area contributed by atoms with Gasteiger partial charge in [0.1, 0.15) is 12.1 Å². The minimum absolute atomic E-state index is 0.106. The SMILES string of the molecule is CC(C)(C)OC(=O)N1Cc2cccc(C(=O)N3CCN(CC(N)=O)C(=O)C3)c2C1. The molecule has 2 aliphatic heterocycles. The van der Waals surface area contributed by atoms with Crippen molar-refractivity contribution in [2.45, 2.75) is 39.5 Å². The maximum atomic E-state index is 13.1. The molecule has 29 heavy (non-hydrogen) atoms. The Labute approximate surface area is 169 Å². The van der Waals surface area contributed by atoms with E-state index in [9.17, 15) is 19.2 Å². The normalized spacial score (nSPS) is 16.7. The third-order valence-corrected chi connectivity index (χ3v) is 4.82. The van der Waals surface area contributed by atoms with Crippen LogP contribution in [0.25, 0.3) is 0 Å². The van der Waals surface area contributed by atoms with Crippen LogP contribution in [-0.2, 0) is 27.4 Å². The van der Waals surface area contributed by atoms with Crippen molar-refractivity contribution < 1.29 is 23.9 Å². The molecule has 9 nitrogen and oxygen atoms in total. The lowest BCUT2D eigenvalue weighted by Crippen LogP contribution is -2.54. The number of fused-ring (bicyclic) bond motifs is 1. The lowest BCUT2D eigenvalue weighted by molar-refractivity contribution is -0.138. The van der Waals surface area contributed by atoms with Crippen molar-refractivity contribution in [1.29, 1.82) is 0 Å². The predicted octanol–water partition coefficient (Wildman–Crippen LogP) is 0.707. The molecule has 0 spiro atoms. The Morgan fingerprint density at radius 1 is 1.07 bits per heavy atom. The second-order valence-electron chi connectivity index (χ2n) is 8.29. The highest BCUT2D eigenvalue weighted by Gasteiger charge is 2.33. The van der Waals surface area contributed by atoms with Gasteiger partial charge in [0.25, 0.3) is 5.91 Å². The molecule has 2 heterocycles. The zero-order valence-electron chi connectivity index (χ0n) is 16.9. The third kappa shape index (κ3) is 4.67. The van der Waals surface area contributed by atoms with E-state index in [-0.39, 0.29) is 38.0 Å². The maximum absolute atomic E-state index is 13.1. The molecule has 0 bridgehead atoms. The van der Waals surface area contributed by atoms with Crippen molar-refractivity contribution in [3.05, 3.63) is 34.9 Å². The highest BCUT2D eigenvalue weighted by atomic mass is 16.6. The van der Waals surface area contributed by atoms with Gasteiger partial charge in [-0.3, -0.25) is 19.3 Å². The molecule has 0 aliphatic carbocycles. The number of hydrogen-bond acceptors (Lipinski definition) is 5. The van der Waals surface area contributed by atoms with E-state index in [1.807, 2.05) is 6.07 Å². The molecule has 0 atom stereocenters. The molecule has 3 rings (SSSR count). The van der Waals surface area contributed by atoms with Crippen LogP contribution in [0.2, 0.25) is 0 Å². The maximum Gasteiger partial charge on any atom is 0.410 e. The van der Waals surface area contributed by atoms with Gasteiger partial charge in [0.15, 0.2) is 0 Å². The van der Waals surface area contributed by atoms with Crippen LogP contribution in [0, 0.1) is 0 Å². The van der Waals surface area contributed by atoms with E-state index in [0.29, 0.717) is 18.7 Å². The molecule has 0 radical (unpaired) electrons. The molecule has 2 aliphatic rings. The van der Waals surface area contributed by atoms with E-state index in [1.165, 1.54) is 9.80 Å². The number of rotatable bonds is 3. The fraction of sp³-hybridized carbons (Fsp3) is 0.500. The first-order valence-electron chi connectivity index (χ1n) is 9.49. The molecule has 0 saturated carbocycles. The van der Waals surface area contributed by atoms with E-state index >= 15 is 0 Å². The van der Waals surface area contributed by atoms with Crippen LogP contribution in [0.4, 0.5) is 4.79 Å². The van der Waals surface area contributed by atoms with Crippen molar-refractivity contribution in [3.63, 3.8) is 0 Å². The summed E-state index contributed by atoms with van der Waals surface area (Å²) in [6, 6.07) is 5.36. The second-order valence-corrected chi connectivity index (χ2v) is 8.29. The molecule has 2 N–H and O–H groups in total. The minimum Gasteiger partial charge on any atom is -0.444 e. The molecule has 1 aromatic rings. The Morgan fingerprint density at radius 2 is 1.79 bits per heavy atom. The Morgan fingerprint density at radius 3 is 2.41 bits per heavy atom. The van der Waals surface area contributed by atoms with Crippen molar-refractivity contribution in [2.75, 3.05) is 26.2 Å². The summed E-state index contributed by atoms with van der Waals surface area (Å²) in [5.41, 5.74) is 6.69. The number of benzene rings is 1. The topological polar surface area (TPSA) is 113 Å². The molecular weight excluding hydrogens is 376 g/mol. The number of nitrogens with zero attached hydrogens (tertiary/aromatic N) is 3. The molecule has 1 fully saturated rings. The lowest BCUT2D eigenvalue weighted by Gasteiger charge is -2.34. The Kier molecular flexibility index (Phi) is 5.50. The van der Waals surface area contributed by atoms with Crippen molar-refractivity contribution in [1.82, 2.24) is 14.7 Å². The van der Waals surface area contributed by atoms with Gasteiger partial charge in [0.2, 0.25) is 11.8 Å². The van der Waals surface area contributed by atoms with Gasteiger partial charge in [-0.1, -0.05) is 12.1 Å². The van der Waals surface area contributed by atoms with Crippen LogP contribution in [0.1, 0.15) is 42.3 Å².